The molecule has 2 aromatic rings. The maximum Gasteiger partial charge on any atom is 0.243 e. The van der Waals surface area contributed by atoms with E-state index in [9.17, 15) is 17.6 Å². The van der Waals surface area contributed by atoms with Gasteiger partial charge in [-0.15, -0.1) is 0 Å². The standard InChI is InChI=1S/C21H24FN3O3S/c22-19-6-1-2-7-20(19)23-21(26)15-24-10-12-25(13-11-24)29(27,28)18-9-8-16-4-3-5-17(16)14-18/h1-2,6-9,14H,3-5,10-13,15H2,(H,23,26). The number of fused-ring (bicyclic) bond motifs is 1. The van der Waals surface area contributed by atoms with Crippen molar-refractivity contribution in [3.63, 3.8) is 0 Å². The van der Waals surface area contributed by atoms with Crippen molar-refractivity contribution in [3.8, 4) is 0 Å². The smallest absolute Gasteiger partial charge is 0.243 e. The van der Waals surface area contributed by atoms with Gasteiger partial charge in [-0.05, 0) is 54.7 Å². The Labute approximate surface area is 170 Å². The molecule has 0 aromatic heterocycles. The molecule has 0 radical (unpaired) electrons. The molecule has 1 heterocycles. The third kappa shape index (κ3) is 4.34. The summed E-state index contributed by atoms with van der Waals surface area (Å²) in [5.74, 6) is -0.795. The summed E-state index contributed by atoms with van der Waals surface area (Å²) in [6.07, 6.45) is 3.03. The van der Waals surface area contributed by atoms with Crippen molar-refractivity contribution in [2.24, 2.45) is 0 Å². The van der Waals surface area contributed by atoms with E-state index in [2.05, 4.69) is 5.32 Å². The van der Waals surface area contributed by atoms with Gasteiger partial charge in [0.1, 0.15) is 5.82 Å². The third-order valence-corrected chi connectivity index (χ3v) is 7.45. The Morgan fingerprint density at radius 1 is 1.00 bits per heavy atom. The summed E-state index contributed by atoms with van der Waals surface area (Å²) in [4.78, 5) is 14.4. The van der Waals surface area contributed by atoms with Crippen molar-refractivity contribution < 1.29 is 17.6 Å². The van der Waals surface area contributed by atoms with E-state index in [0.29, 0.717) is 31.1 Å². The second-order valence-corrected chi connectivity index (χ2v) is 9.43. The van der Waals surface area contributed by atoms with Crippen LogP contribution in [0.3, 0.4) is 0 Å². The maximum atomic E-state index is 13.7. The third-order valence-electron chi connectivity index (χ3n) is 5.55. The molecule has 0 spiro atoms. The Bertz CT molecular complexity index is 1020. The number of benzene rings is 2. The lowest BCUT2D eigenvalue weighted by molar-refractivity contribution is -0.117. The summed E-state index contributed by atoms with van der Waals surface area (Å²) < 4.78 is 41.1. The van der Waals surface area contributed by atoms with Crippen LogP contribution in [0.4, 0.5) is 10.1 Å². The van der Waals surface area contributed by atoms with Gasteiger partial charge in [-0.3, -0.25) is 9.69 Å². The average Bonchev–Trinajstić information content (AvgIpc) is 3.18. The minimum absolute atomic E-state index is 0.0983. The number of sulfonamides is 1. The molecule has 1 amide bonds. The highest BCUT2D eigenvalue weighted by Crippen LogP contribution is 2.26. The summed E-state index contributed by atoms with van der Waals surface area (Å²) in [6.45, 7) is 1.66. The van der Waals surface area contributed by atoms with Gasteiger partial charge in [-0.25, -0.2) is 12.8 Å². The summed E-state index contributed by atoms with van der Waals surface area (Å²) in [5.41, 5.74) is 2.53. The summed E-state index contributed by atoms with van der Waals surface area (Å²) in [7, 11) is -3.53. The predicted octanol–water partition coefficient (Wildman–Crippen LogP) is 2.26. The van der Waals surface area contributed by atoms with Gasteiger partial charge >= 0.3 is 0 Å². The maximum absolute atomic E-state index is 13.7. The molecule has 4 rings (SSSR count). The predicted molar refractivity (Wildman–Crippen MR) is 109 cm³/mol. The summed E-state index contributed by atoms with van der Waals surface area (Å²) in [5, 5.41) is 2.56. The quantitative estimate of drug-likeness (QED) is 0.810. The number of para-hydroxylation sites is 1. The zero-order valence-corrected chi connectivity index (χ0v) is 16.9. The number of hydrogen-bond acceptors (Lipinski definition) is 4. The van der Waals surface area contributed by atoms with E-state index in [1.54, 1.807) is 18.2 Å². The molecule has 154 valence electrons. The van der Waals surface area contributed by atoms with E-state index < -0.39 is 15.8 Å². The number of nitrogens with one attached hydrogen (secondary N) is 1. The highest BCUT2D eigenvalue weighted by Gasteiger charge is 2.30. The van der Waals surface area contributed by atoms with Gasteiger partial charge in [-0.1, -0.05) is 18.2 Å². The molecule has 1 aliphatic carbocycles. The number of hydrogen-bond donors (Lipinski definition) is 1. The van der Waals surface area contributed by atoms with Gasteiger partial charge in [0, 0.05) is 26.2 Å². The van der Waals surface area contributed by atoms with Crippen molar-refractivity contribution >= 4 is 21.6 Å². The highest BCUT2D eigenvalue weighted by atomic mass is 32.2. The van der Waals surface area contributed by atoms with Crippen LogP contribution in [-0.2, 0) is 27.7 Å². The molecule has 29 heavy (non-hydrogen) atoms. The molecule has 1 aliphatic heterocycles. The molecule has 1 saturated heterocycles. The number of carbonyl (C=O) groups excluding carboxylic acids is 1. The zero-order chi connectivity index (χ0) is 20.4. The van der Waals surface area contributed by atoms with Crippen LogP contribution in [0.2, 0.25) is 0 Å². The van der Waals surface area contributed by atoms with Gasteiger partial charge in [0.15, 0.2) is 0 Å². The highest BCUT2D eigenvalue weighted by molar-refractivity contribution is 7.89. The Hall–Kier alpha value is -2.29. The molecule has 2 aromatic carbocycles. The van der Waals surface area contributed by atoms with Crippen LogP contribution in [0.1, 0.15) is 17.5 Å². The molecule has 1 fully saturated rings. The molecular formula is C21H24FN3O3S. The van der Waals surface area contributed by atoms with E-state index >= 15 is 0 Å². The largest absolute Gasteiger partial charge is 0.322 e. The number of amides is 1. The number of rotatable bonds is 5. The Morgan fingerprint density at radius 3 is 2.48 bits per heavy atom. The lowest BCUT2D eigenvalue weighted by atomic mass is 10.1. The zero-order valence-electron chi connectivity index (χ0n) is 16.1. The van der Waals surface area contributed by atoms with Crippen LogP contribution in [0.5, 0.6) is 0 Å². The molecule has 0 saturated carbocycles. The average molecular weight is 418 g/mol. The number of anilines is 1. The van der Waals surface area contributed by atoms with Crippen molar-refractivity contribution in [2.45, 2.75) is 24.2 Å². The first-order valence-electron chi connectivity index (χ1n) is 9.82. The van der Waals surface area contributed by atoms with Gasteiger partial charge in [0.05, 0.1) is 17.1 Å². The SMILES string of the molecule is O=C(CN1CCN(S(=O)(=O)c2ccc3c(c2)CCC3)CC1)Nc1ccccc1F. The summed E-state index contributed by atoms with van der Waals surface area (Å²) in [6, 6.07) is 11.5. The van der Waals surface area contributed by atoms with Crippen LogP contribution in [0.25, 0.3) is 0 Å². The Morgan fingerprint density at radius 2 is 1.72 bits per heavy atom. The van der Waals surface area contributed by atoms with Gasteiger partial charge in [0.25, 0.3) is 0 Å². The van der Waals surface area contributed by atoms with E-state index in [4.69, 9.17) is 0 Å². The van der Waals surface area contributed by atoms with Crippen LogP contribution < -0.4 is 5.32 Å². The first-order valence-corrected chi connectivity index (χ1v) is 11.3. The first-order chi connectivity index (χ1) is 13.9. The number of carbonyl (C=O) groups is 1. The van der Waals surface area contributed by atoms with E-state index in [1.807, 2.05) is 17.0 Å². The molecule has 0 bridgehead atoms. The van der Waals surface area contributed by atoms with Gasteiger partial charge in [-0.2, -0.15) is 4.31 Å². The second-order valence-electron chi connectivity index (χ2n) is 7.49. The second kappa shape index (κ2) is 8.22. The van der Waals surface area contributed by atoms with Crippen LogP contribution in [-0.4, -0.2) is 56.3 Å². The molecule has 6 nitrogen and oxygen atoms in total. The fourth-order valence-corrected chi connectivity index (χ4v) is 5.41. The monoisotopic (exact) mass is 417 g/mol. The van der Waals surface area contributed by atoms with Crippen LogP contribution in [0, 0.1) is 5.82 Å². The molecule has 8 heteroatoms. The number of piperazine rings is 1. The topological polar surface area (TPSA) is 69.7 Å². The normalized spacial score (nSPS) is 17.8. The van der Waals surface area contributed by atoms with Crippen molar-refractivity contribution in [2.75, 3.05) is 38.0 Å². The van der Waals surface area contributed by atoms with E-state index in [1.165, 1.54) is 22.0 Å². The molecule has 0 atom stereocenters. The van der Waals surface area contributed by atoms with E-state index in [-0.39, 0.29) is 18.1 Å². The Kier molecular flexibility index (Phi) is 5.67. The van der Waals surface area contributed by atoms with Gasteiger partial charge < -0.3 is 5.32 Å². The molecule has 2 aliphatic rings. The van der Waals surface area contributed by atoms with Crippen LogP contribution >= 0.6 is 0 Å². The number of nitrogens with zero attached hydrogens (tertiary/aromatic N) is 2. The molecule has 1 N–H and O–H groups in total. The van der Waals surface area contributed by atoms with Crippen LogP contribution in [0.15, 0.2) is 47.4 Å². The number of halogens is 1. The fraction of sp³-hybridized carbons (Fsp3) is 0.381. The molecular weight excluding hydrogens is 393 g/mol. The lowest BCUT2D eigenvalue weighted by Gasteiger charge is -2.33. The van der Waals surface area contributed by atoms with Crippen molar-refractivity contribution in [1.82, 2.24) is 9.21 Å². The fourth-order valence-electron chi connectivity index (χ4n) is 3.94. The van der Waals surface area contributed by atoms with E-state index in [0.717, 1.165) is 24.8 Å². The first kappa shape index (κ1) is 20.0. The minimum Gasteiger partial charge on any atom is -0.322 e. The summed E-state index contributed by atoms with van der Waals surface area (Å²) >= 11 is 0. The van der Waals surface area contributed by atoms with Crippen molar-refractivity contribution in [1.29, 1.82) is 0 Å². The van der Waals surface area contributed by atoms with Crippen molar-refractivity contribution in [3.05, 3.63) is 59.4 Å². The number of aryl methyl sites for hydroxylation is 2. The minimum atomic E-state index is -3.53. The van der Waals surface area contributed by atoms with Gasteiger partial charge in [0.2, 0.25) is 15.9 Å². The lowest BCUT2D eigenvalue weighted by Crippen LogP contribution is -2.50. The Balaban J connectivity index is 1.34. The molecule has 0 unspecified atom stereocenters.